The number of allylic oxidation sites excluding steroid dienone is 2. The van der Waals surface area contributed by atoms with Crippen LogP contribution in [0.1, 0.15) is 67.7 Å². The van der Waals surface area contributed by atoms with Crippen LogP contribution in [0, 0.1) is 17.8 Å². The highest BCUT2D eigenvalue weighted by atomic mass is 16.5. The molecule has 0 spiro atoms. The van der Waals surface area contributed by atoms with Crippen molar-refractivity contribution in [2.45, 2.75) is 79.9 Å². The molecule has 0 radical (unpaired) electrons. The fourth-order valence-corrected chi connectivity index (χ4v) is 3.49. The number of hydrogen-bond donors (Lipinski definition) is 0. The maximum Gasteiger partial charge on any atom is 0.305 e. The molecule has 0 saturated heterocycles. The van der Waals surface area contributed by atoms with E-state index >= 15 is 0 Å². The van der Waals surface area contributed by atoms with Crippen molar-refractivity contribution in [3.8, 4) is 0 Å². The van der Waals surface area contributed by atoms with Crippen LogP contribution >= 0.6 is 0 Å². The van der Waals surface area contributed by atoms with Crippen LogP contribution in [0.5, 0.6) is 0 Å². The molecule has 0 amide bonds. The second kappa shape index (κ2) is 9.16. The molecule has 0 aromatic rings. The average Bonchev–Trinajstić information content (AvgIpc) is 2.62. The van der Waals surface area contributed by atoms with E-state index in [1.807, 2.05) is 20.8 Å². The molecule has 1 rings (SSSR count). The van der Waals surface area contributed by atoms with Gasteiger partial charge in [0, 0.05) is 30.8 Å². The van der Waals surface area contributed by atoms with Crippen LogP contribution in [0.4, 0.5) is 0 Å². The first-order valence-corrected chi connectivity index (χ1v) is 9.32. The van der Waals surface area contributed by atoms with Crippen molar-refractivity contribution < 1.29 is 23.9 Å². The molecule has 0 N–H and O–H groups in total. The van der Waals surface area contributed by atoms with Crippen LogP contribution in [0.15, 0.2) is 11.3 Å². The van der Waals surface area contributed by atoms with Crippen molar-refractivity contribution in [3.05, 3.63) is 11.3 Å². The number of ether oxygens (including phenoxy) is 2. The number of hydrogen-bond acceptors (Lipinski definition) is 5. The highest BCUT2D eigenvalue weighted by molar-refractivity contribution is 5.98. The summed E-state index contributed by atoms with van der Waals surface area (Å²) < 4.78 is 11.7. The van der Waals surface area contributed by atoms with Crippen molar-refractivity contribution in [1.82, 2.24) is 0 Å². The molecule has 142 valence electrons. The van der Waals surface area contributed by atoms with Gasteiger partial charge in [0.05, 0.1) is 11.8 Å². The topological polar surface area (TPSA) is 69.7 Å². The molecule has 25 heavy (non-hydrogen) atoms. The SMILES string of the molecule is CCC(=O)O[C@@H]([C@@H](C)[C@H]1OC(CC)=C(C)C(=O)[C@@H]1C)[C@@H](C)C(=O)CC. The minimum Gasteiger partial charge on any atom is -0.493 e. The minimum atomic E-state index is -0.600. The first-order chi connectivity index (χ1) is 11.7. The third kappa shape index (κ3) is 4.71. The molecule has 1 aliphatic heterocycles. The normalized spacial score (nSPS) is 24.4. The van der Waals surface area contributed by atoms with Crippen molar-refractivity contribution in [2.75, 3.05) is 0 Å². The van der Waals surface area contributed by atoms with Crippen LogP contribution in [-0.2, 0) is 23.9 Å². The van der Waals surface area contributed by atoms with E-state index in [9.17, 15) is 14.4 Å². The van der Waals surface area contributed by atoms with Gasteiger partial charge < -0.3 is 9.47 Å². The molecule has 1 heterocycles. The molecular formula is C20H32O5. The molecule has 0 fully saturated rings. The van der Waals surface area contributed by atoms with E-state index in [1.54, 1.807) is 27.7 Å². The van der Waals surface area contributed by atoms with E-state index in [-0.39, 0.29) is 35.8 Å². The van der Waals surface area contributed by atoms with Gasteiger partial charge in [0.15, 0.2) is 5.78 Å². The van der Waals surface area contributed by atoms with Crippen LogP contribution < -0.4 is 0 Å². The number of carbonyl (C=O) groups excluding carboxylic acids is 3. The van der Waals surface area contributed by atoms with Crippen LogP contribution in [0.2, 0.25) is 0 Å². The van der Waals surface area contributed by atoms with Gasteiger partial charge in [-0.2, -0.15) is 0 Å². The van der Waals surface area contributed by atoms with Crippen LogP contribution in [0.3, 0.4) is 0 Å². The molecular weight excluding hydrogens is 320 g/mol. The highest BCUT2D eigenvalue weighted by Crippen LogP contribution is 2.35. The lowest BCUT2D eigenvalue weighted by Gasteiger charge is -2.39. The number of rotatable bonds is 8. The van der Waals surface area contributed by atoms with E-state index in [0.717, 1.165) is 0 Å². The van der Waals surface area contributed by atoms with Gasteiger partial charge in [0.25, 0.3) is 0 Å². The molecule has 1 aliphatic rings. The Bertz CT molecular complexity index is 548. The standard InChI is InChI=1S/C20H32O5/c1-8-15(21)11(4)19(25-17(22)10-3)14(7)20-13(6)18(23)12(5)16(9-2)24-20/h11,13-14,19-20H,8-10H2,1-7H3/t11-,13-,14+,19+,20-/m0/s1. The maximum absolute atomic E-state index is 12.6. The number of esters is 1. The molecule has 5 nitrogen and oxygen atoms in total. The zero-order valence-corrected chi connectivity index (χ0v) is 16.5. The lowest BCUT2D eigenvalue weighted by Crippen LogP contribution is -2.47. The first-order valence-electron chi connectivity index (χ1n) is 9.32. The van der Waals surface area contributed by atoms with Gasteiger partial charge >= 0.3 is 5.97 Å². The van der Waals surface area contributed by atoms with Gasteiger partial charge in [-0.15, -0.1) is 0 Å². The monoisotopic (exact) mass is 352 g/mol. The fourth-order valence-electron chi connectivity index (χ4n) is 3.49. The predicted octanol–water partition coefficient (Wildman–Crippen LogP) is 3.85. The second-order valence-electron chi connectivity index (χ2n) is 6.91. The molecule has 5 atom stereocenters. The Balaban J connectivity index is 3.15. The lowest BCUT2D eigenvalue weighted by molar-refractivity contribution is -0.161. The average molecular weight is 352 g/mol. The Kier molecular flexibility index (Phi) is 7.84. The van der Waals surface area contributed by atoms with E-state index < -0.39 is 18.1 Å². The van der Waals surface area contributed by atoms with E-state index in [2.05, 4.69) is 0 Å². The van der Waals surface area contributed by atoms with Crippen LogP contribution in [-0.4, -0.2) is 29.7 Å². The highest BCUT2D eigenvalue weighted by Gasteiger charge is 2.43. The molecule has 0 aromatic carbocycles. The van der Waals surface area contributed by atoms with E-state index in [4.69, 9.17) is 9.47 Å². The summed E-state index contributed by atoms with van der Waals surface area (Å²) in [5.74, 6) is -0.585. The summed E-state index contributed by atoms with van der Waals surface area (Å²) in [6.07, 6.45) is 0.253. The summed E-state index contributed by atoms with van der Waals surface area (Å²) in [5.41, 5.74) is 0.665. The largest absolute Gasteiger partial charge is 0.493 e. The molecule has 0 aromatic heterocycles. The molecule has 0 aliphatic carbocycles. The summed E-state index contributed by atoms with van der Waals surface area (Å²) in [7, 11) is 0. The molecule has 0 unspecified atom stereocenters. The zero-order chi connectivity index (χ0) is 19.3. The smallest absolute Gasteiger partial charge is 0.305 e. The summed E-state index contributed by atoms with van der Waals surface area (Å²) in [6, 6.07) is 0. The summed E-state index contributed by atoms with van der Waals surface area (Å²) in [5, 5.41) is 0. The summed E-state index contributed by atoms with van der Waals surface area (Å²) in [4.78, 5) is 36.7. The molecule has 0 saturated carbocycles. The van der Waals surface area contributed by atoms with Crippen molar-refractivity contribution >= 4 is 17.5 Å². The summed E-state index contributed by atoms with van der Waals surface area (Å²) in [6.45, 7) is 12.8. The Morgan fingerprint density at radius 3 is 2.24 bits per heavy atom. The van der Waals surface area contributed by atoms with E-state index in [0.29, 0.717) is 24.2 Å². The van der Waals surface area contributed by atoms with Gasteiger partial charge in [0.2, 0.25) is 0 Å². The Morgan fingerprint density at radius 2 is 1.76 bits per heavy atom. The maximum atomic E-state index is 12.6. The summed E-state index contributed by atoms with van der Waals surface area (Å²) >= 11 is 0. The van der Waals surface area contributed by atoms with Gasteiger partial charge in [-0.25, -0.2) is 0 Å². The quantitative estimate of drug-likeness (QED) is 0.621. The molecule has 5 heteroatoms. The van der Waals surface area contributed by atoms with Gasteiger partial charge in [0.1, 0.15) is 23.8 Å². The second-order valence-corrected chi connectivity index (χ2v) is 6.91. The minimum absolute atomic E-state index is 0.0398. The van der Waals surface area contributed by atoms with Crippen LogP contribution in [0.25, 0.3) is 0 Å². The predicted molar refractivity (Wildman–Crippen MR) is 95.8 cm³/mol. The third-order valence-electron chi connectivity index (χ3n) is 5.24. The van der Waals surface area contributed by atoms with Crippen molar-refractivity contribution in [2.24, 2.45) is 17.8 Å². The van der Waals surface area contributed by atoms with Crippen molar-refractivity contribution in [3.63, 3.8) is 0 Å². The first kappa shape index (κ1) is 21.4. The Morgan fingerprint density at radius 1 is 1.16 bits per heavy atom. The fraction of sp³-hybridized carbons (Fsp3) is 0.750. The Labute approximate surface area is 151 Å². The van der Waals surface area contributed by atoms with Gasteiger partial charge in [-0.1, -0.05) is 41.5 Å². The molecule has 0 bridgehead atoms. The van der Waals surface area contributed by atoms with Gasteiger partial charge in [-0.05, 0) is 6.92 Å². The van der Waals surface area contributed by atoms with Gasteiger partial charge in [-0.3, -0.25) is 14.4 Å². The van der Waals surface area contributed by atoms with Crippen molar-refractivity contribution in [1.29, 1.82) is 0 Å². The third-order valence-corrected chi connectivity index (χ3v) is 5.24. The number of ketones is 2. The van der Waals surface area contributed by atoms with E-state index in [1.165, 1.54) is 0 Å². The number of Topliss-reactive ketones (excluding diaryl/α,β-unsaturated/α-hetero) is 2. The number of carbonyl (C=O) groups is 3. The Hall–Kier alpha value is -1.65. The lowest BCUT2D eigenvalue weighted by atomic mass is 9.78. The zero-order valence-electron chi connectivity index (χ0n) is 16.5.